The highest BCUT2D eigenvalue weighted by Crippen LogP contribution is 2.32. The Bertz CT molecular complexity index is 1360. The van der Waals surface area contributed by atoms with Crippen molar-refractivity contribution in [3.8, 4) is 17.3 Å². The van der Waals surface area contributed by atoms with Crippen molar-refractivity contribution in [1.82, 2.24) is 34.4 Å². The van der Waals surface area contributed by atoms with E-state index in [0.717, 1.165) is 23.7 Å². The Morgan fingerprint density at radius 2 is 1.91 bits per heavy atom. The van der Waals surface area contributed by atoms with Crippen molar-refractivity contribution in [2.75, 3.05) is 26.2 Å². The second-order valence-corrected chi connectivity index (χ2v) is 9.66. The van der Waals surface area contributed by atoms with Crippen molar-refractivity contribution in [2.45, 2.75) is 33.2 Å². The number of ether oxygens (including phenoxy) is 1. The highest BCUT2D eigenvalue weighted by atomic mass is 19.1. The Labute approximate surface area is 203 Å². The first-order chi connectivity index (χ1) is 17.0. The predicted octanol–water partition coefficient (Wildman–Crippen LogP) is 3.81. The first-order valence-electron chi connectivity index (χ1n) is 12.2. The van der Waals surface area contributed by atoms with E-state index in [1.165, 1.54) is 38.2 Å². The number of rotatable bonds is 6. The van der Waals surface area contributed by atoms with E-state index in [9.17, 15) is 4.39 Å². The van der Waals surface area contributed by atoms with E-state index in [1.54, 1.807) is 6.20 Å². The molecule has 4 aromatic heterocycles. The van der Waals surface area contributed by atoms with Crippen LogP contribution in [0.2, 0.25) is 0 Å². The van der Waals surface area contributed by atoms with Gasteiger partial charge in [-0.1, -0.05) is 6.07 Å². The molecule has 3 aliphatic rings. The summed E-state index contributed by atoms with van der Waals surface area (Å²) < 4.78 is 22.0. The van der Waals surface area contributed by atoms with Crippen LogP contribution < -0.4 is 4.74 Å². The number of nitrogens with zero attached hydrogens (tertiary/aromatic N) is 7. The third kappa shape index (κ3) is 4.36. The molecular weight excluding hydrogens is 445 g/mol. The number of piperidine rings is 3. The average Bonchev–Trinajstić information content (AvgIpc) is 3.23. The molecule has 7 rings (SSSR count). The fourth-order valence-electron chi connectivity index (χ4n) is 5.42. The fraction of sp³-hybridized carbons (Fsp3) is 0.423. The van der Waals surface area contributed by atoms with E-state index in [4.69, 9.17) is 9.72 Å². The van der Waals surface area contributed by atoms with Gasteiger partial charge >= 0.3 is 0 Å². The number of hydrogen-bond acceptors (Lipinski definition) is 7. The number of halogens is 1. The van der Waals surface area contributed by atoms with Gasteiger partial charge in [0.1, 0.15) is 23.0 Å². The van der Waals surface area contributed by atoms with E-state index >= 15 is 0 Å². The summed E-state index contributed by atoms with van der Waals surface area (Å²) in [5, 5.41) is 0. The van der Waals surface area contributed by atoms with E-state index in [0.29, 0.717) is 53.3 Å². The lowest BCUT2D eigenvalue weighted by Crippen LogP contribution is -2.49. The smallest absolute Gasteiger partial charge is 0.213 e. The molecule has 3 aliphatic heterocycles. The van der Waals surface area contributed by atoms with Gasteiger partial charge in [0, 0.05) is 36.5 Å². The molecule has 2 bridgehead atoms. The van der Waals surface area contributed by atoms with Gasteiger partial charge in [-0.15, -0.1) is 0 Å². The second kappa shape index (κ2) is 8.96. The van der Waals surface area contributed by atoms with Crippen LogP contribution >= 0.6 is 0 Å². The van der Waals surface area contributed by atoms with E-state index in [1.807, 2.05) is 36.7 Å². The van der Waals surface area contributed by atoms with Gasteiger partial charge in [-0.05, 0) is 57.3 Å². The van der Waals surface area contributed by atoms with Crippen molar-refractivity contribution in [3.63, 3.8) is 0 Å². The van der Waals surface area contributed by atoms with Crippen LogP contribution in [0.25, 0.3) is 22.6 Å². The molecule has 8 nitrogen and oxygen atoms in total. The summed E-state index contributed by atoms with van der Waals surface area (Å²) in [5.74, 6) is 2.85. The van der Waals surface area contributed by atoms with Crippen LogP contribution in [0.5, 0.6) is 5.88 Å². The summed E-state index contributed by atoms with van der Waals surface area (Å²) in [6.07, 6.45) is 7.19. The molecule has 0 aromatic carbocycles. The number of fused-ring (bicyclic) bond motifs is 4. The summed E-state index contributed by atoms with van der Waals surface area (Å²) in [5.41, 5.74) is 3.74. The van der Waals surface area contributed by atoms with Crippen molar-refractivity contribution >= 4 is 11.2 Å². The second-order valence-electron chi connectivity index (χ2n) is 9.66. The summed E-state index contributed by atoms with van der Waals surface area (Å²) in [4.78, 5) is 25.0. The van der Waals surface area contributed by atoms with Crippen LogP contribution in [0.3, 0.4) is 0 Å². The van der Waals surface area contributed by atoms with Crippen LogP contribution in [-0.4, -0.2) is 60.6 Å². The maximum absolute atomic E-state index is 14.0. The lowest BCUT2D eigenvalue weighted by Gasteiger charge is -2.44. The zero-order valence-electron chi connectivity index (χ0n) is 20.0. The SMILES string of the molecule is Cc1nc(C)c2nc(-c3cncc(F)c3)n(Cc3ccc(OCC4CN5CCC4CC5)nc3)c2n1. The Hall–Kier alpha value is -3.46. The van der Waals surface area contributed by atoms with Gasteiger partial charge in [0.15, 0.2) is 5.65 Å². The van der Waals surface area contributed by atoms with Gasteiger partial charge in [-0.2, -0.15) is 0 Å². The zero-order valence-corrected chi connectivity index (χ0v) is 20.0. The molecule has 35 heavy (non-hydrogen) atoms. The Balaban J connectivity index is 1.25. The van der Waals surface area contributed by atoms with Crippen LogP contribution in [0.4, 0.5) is 4.39 Å². The molecule has 0 spiro atoms. The maximum Gasteiger partial charge on any atom is 0.213 e. The van der Waals surface area contributed by atoms with Crippen molar-refractivity contribution < 1.29 is 9.13 Å². The molecule has 180 valence electrons. The number of hydrogen-bond donors (Lipinski definition) is 0. The lowest BCUT2D eigenvalue weighted by atomic mass is 9.79. The van der Waals surface area contributed by atoms with Gasteiger partial charge in [0.05, 0.1) is 25.0 Å². The topological polar surface area (TPSA) is 81.9 Å². The summed E-state index contributed by atoms with van der Waals surface area (Å²) in [6.45, 7) is 8.55. The minimum Gasteiger partial charge on any atom is -0.477 e. The van der Waals surface area contributed by atoms with Crippen LogP contribution in [0.15, 0.2) is 36.8 Å². The molecule has 4 aromatic rings. The molecule has 0 N–H and O–H groups in total. The van der Waals surface area contributed by atoms with Gasteiger partial charge in [0.25, 0.3) is 0 Å². The van der Waals surface area contributed by atoms with E-state index in [2.05, 4.69) is 24.8 Å². The minimum absolute atomic E-state index is 0.411. The molecule has 7 heterocycles. The van der Waals surface area contributed by atoms with Crippen LogP contribution in [-0.2, 0) is 6.54 Å². The quantitative estimate of drug-likeness (QED) is 0.421. The highest BCUT2D eigenvalue weighted by molar-refractivity contribution is 5.79. The first-order valence-corrected chi connectivity index (χ1v) is 12.2. The standard InChI is InChI=1S/C26H28FN7O/c1-16-24-26(31-17(2)30-16)34(25(32-24)20-9-22(27)12-28-11-20)13-18-3-4-23(29-10-18)35-15-21-14-33-7-5-19(21)6-8-33/h3-4,9-12,19,21H,5-8,13-15H2,1-2H3. The molecule has 1 unspecified atom stereocenters. The normalized spacial score (nSPS) is 21.5. The molecule has 3 fully saturated rings. The molecule has 1 atom stereocenters. The maximum atomic E-state index is 14.0. The molecule has 0 saturated carbocycles. The Morgan fingerprint density at radius 3 is 2.63 bits per heavy atom. The fourth-order valence-corrected chi connectivity index (χ4v) is 5.42. The third-order valence-electron chi connectivity index (χ3n) is 7.22. The van der Waals surface area contributed by atoms with Crippen molar-refractivity contribution in [1.29, 1.82) is 0 Å². The first kappa shape index (κ1) is 22.0. The van der Waals surface area contributed by atoms with Gasteiger partial charge in [-0.3, -0.25) is 4.98 Å². The molecule has 9 heteroatoms. The monoisotopic (exact) mass is 473 g/mol. The van der Waals surface area contributed by atoms with Gasteiger partial charge in [0.2, 0.25) is 5.88 Å². The molecule has 0 aliphatic carbocycles. The summed E-state index contributed by atoms with van der Waals surface area (Å²) in [7, 11) is 0. The van der Waals surface area contributed by atoms with Crippen LogP contribution in [0, 0.1) is 31.5 Å². The summed E-state index contributed by atoms with van der Waals surface area (Å²) in [6, 6.07) is 5.37. The number of imidazole rings is 1. The van der Waals surface area contributed by atoms with Crippen molar-refractivity contribution in [2.24, 2.45) is 11.8 Å². The molecular formula is C26H28FN7O. The van der Waals surface area contributed by atoms with Gasteiger partial charge < -0.3 is 14.2 Å². The molecule has 3 saturated heterocycles. The largest absolute Gasteiger partial charge is 0.477 e. The minimum atomic E-state index is -0.411. The van der Waals surface area contributed by atoms with E-state index in [-0.39, 0.29) is 0 Å². The third-order valence-corrected chi connectivity index (χ3v) is 7.22. The number of aryl methyl sites for hydroxylation is 2. The Morgan fingerprint density at radius 1 is 1.06 bits per heavy atom. The molecule has 0 radical (unpaired) electrons. The highest BCUT2D eigenvalue weighted by Gasteiger charge is 2.34. The van der Waals surface area contributed by atoms with Gasteiger partial charge in [-0.25, -0.2) is 24.3 Å². The number of aromatic nitrogens is 6. The van der Waals surface area contributed by atoms with Crippen molar-refractivity contribution in [3.05, 3.63) is 59.7 Å². The number of pyridine rings is 2. The predicted molar refractivity (Wildman–Crippen MR) is 129 cm³/mol. The Kier molecular flexibility index (Phi) is 5.64. The molecule has 0 amide bonds. The zero-order chi connectivity index (χ0) is 23.9. The van der Waals surface area contributed by atoms with E-state index < -0.39 is 5.82 Å². The van der Waals surface area contributed by atoms with Crippen LogP contribution in [0.1, 0.15) is 29.9 Å². The summed E-state index contributed by atoms with van der Waals surface area (Å²) >= 11 is 0. The average molecular weight is 474 g/mol. The lowest BCUT2D eigenvalue weighted by molar-refractivity contribution is 0.0248.